The molecule has 1 unspecified atom stereocenters. The normalized spacial score (nSPS) is 13.9. The number of carbonyl (C=O) groups is 1. The van der Waals surface area contributed by atoms with Gasteiger partial charge in [-0.1, -0.05) is 17.3 Å². The first-order valence-electron chi connectivity index (χ1n) is 10.2. The van der Waals surface area contributed by atoms with Gasteiger partial charge in [0.2, 0.25) is 0 Å². The van der Waals surface area contributed by atoms with Crippen molar-refractivity contribution in [2.24, 2.45) is 0 Å². The van der Waals surface area contributed by atoms with Crippen LogP contribution in [0.15, 0.2) is 41.1 Å². The number of esters is 1. The molecule has 0 bridgehead atoms. The lowest BCUT2D eigenvalue weighted by Crippen LogP contribution is -2.33. The van der Waals surface area contributed by atoms with E-state index in [4.69, 9.17) is 14.0 Å². The zero-order valence-corrected chi connectivity index (χ0v) is 18.1. The van der Waals surface area contributed by atoms with Crippen LogP contribution >= 0.6 is 0 Å². The maximum absolute atomic E-state index is 11.7. The van der Waals surface area contributed by atoms with Gasteiger partial charge in [-0.3, -0.25) is 0 Å². The summed E-state index contributed by atoms with van der Waals surface area (Å²) in [4.78, 5) is 18.5. The zero-order chi connectivity index (χ0) is 22.0. The van der Waals surface area contributed by atoms with Crippen molar-refractivity contribution in [1.82, 2.24) is 10.1 Å². The van der Waals surface area contributed by atoms with E-state index in [1.165, 1.54) is 7.11 Å². The van der Waals surface area contributed by atoms with Gasteiger partial charge in [-0.15, -0.1) is 0 Å². The molecule has 162 valence electrons. The van der Waals surface area contributed by atoms with E-state index in [2.05, 4.69) is 27.3 Å². The van der Waals surface area contributed by atoms with E-state index in [1.54, 1.807) is 18.3 Å². The van der Waals surface area contributed by atoms with Crippen LogP contribution in [0.3, 0.4) is 0 Å². The molecule has 0 radical (unpaired) electrons. The highest BCUT2D eigenvalue weighted by molar-refractivity contribution is 5.89. The van der Waals surface area contributed by atoms with Crippen LogP contribution in [0.2, 0.25) is 0 Å². The molecule has 1 aliphatic rings. The SMILES string of the molecule is COC(=O)c1ccc(C(C)Nc2nccc3c2N(Cc2c(C)noc2C)CCO3)cc1. The van der Waals surface area contributed by atoms with Gasteiger partial charge in [-0.05, 0) is 38.5 Å². The minimum Gasteiger partial charge on any atom is -0.489 e. The summed E-state index contributed by atoms with van der Waals surface area (Å²) in [5, 5.41) is 7.58. The lowest BCUT2D eigenvalue weighted by Gasteiger charge is -2.33. The monoisotopic (exact) mass is 422 g/mol. The number of fused-ring (bicyclic) bond motifs is 1. The van der Waals surface area contributed by atoms with Crippen LogP contribution < -0.4 is 15.0 Å². The molecular formula is C23H26N4O4. The molecule has 1 N–H and O–H groups in total. The molecule has 2 aromatic heterocycles. The van der Waals surface area contributed by atoms with E-state index in [9.17, 15) is 4.79 Å². The second kappa shape index (κ2) is 8.67. The molecule has 0 spiro atoms. The number of hydrogen-bond acceptors (Lipinski definition) is 8. The number of aryl methyl sites for hydroxylation is 2. The van der Waals surface area contributed by atoms with Crippen molar-refractivity contribution >= 4 is 17.5 Å². The maximum atomic E-state index is 11.7. The molecule has 0 saturated carbocycles. The quantitative estimate of drug-likeness (QED) is 0.595. The molecule has 4 rings (SSSR count). The summed E-state index contributed by atoms with van der Waals surface area (Å²) in [5.74, 6) is 2.01. The van der Waals surface area contributed by atoms with Crippen molar-refractivity contribution in [3.05, 3.63) is 64.7 Å². The molecule has 0 aliphatic carbocycles. The van der Waals surface area contributed by atoms with Gasteiger partial charge in [0.05, 0.1) is 31.0 Å². The van der Waals surface area contributed by atoms with Crippen LogP contribution in [0.4, 0.5) is 11.5 Å². The van der Waals surface area contributed by atoms with Gasteiger partial charge in [0.25, 0.3) is 0 Å². The van der Waals surface area contributed by atoms with Crippen molar-refractivity contribution < 1.29 is 18.8 Å². The first kappa shape index (κ1) is 20.7. The fraction of sp³-hybridized carbons (Fsp3) is 0.348. The molecule has 31 heavy (non-hydrogen) atoms. The highest BCUT2D eigenvalue weighted by atomic mass is 16.5. The smallest absolute Gasteiger partial charge is 0.337 e. The number of benzene rings is 1. The van der Waals surface area contributed by atoms with Gasteiger partial charge < -0.3 is 24.2 Å². The fourth-order valence-electron chi connectivity index (χ4n) is 3.73. The number of methoxy groups -OCH3 is 1. The van der Waals surface area contributed by atoms with Crippen LogP contribution in [0.1, 0.15) is 45.9 Å². The third kappa shape index (κ3) is 4.19. The van der Waals surface area contributed by atoms with Gasteiger partial charge in [0, 0.05) is 24.4 Å². The standard InChI is InChI=1S/C23H26N4O4/c1-14(17-5-7-18(8-6-17)23(28)29-4)25-22-21-20(9-10-24-22)30-12-11-27(21)13-19-15(2)26-31-16(19)3/h5-10,14H,11-13H2,1-4H3,(H,24,25). The molecule has 3 aromatic rings. The lowest BCUT2D eigenvalue weighted by atomic mass is 10.1. The van der Waals surface area contributed by atoms with Crippen LogP contribution in [-0.2, 0) is 11.3 Å². The van der Waals surface area contributed by atoms with Crippen molar-refractivity contribution in [2.45, 2.75) is 33.4 Å². The van der Waals surface area contributed by atoms with Gasteiger partial charge >= 0.3 is 5.97 Å². The third-order valence-corrected chi connectivity index (χ3v) is 5.54. The molecule has 0 amide bonds. The van der Waals surface area contributed by atoms with E-state index < -0.39 is 0 Å². The highest BCUT2D eigenvalue weighted by Gasteiger charge is 2.25. The summed E-state index contributed by atoms with van der Waals surface area (Å²) >= 11 is 0. The fourth-order valence-corrected chi connectivity index (χ4v) is 3.73. The second-order valence-corrected chi connectivity index (χ2v) is 7.56. The molecule has 1 atom stereocenters. The molecule has 1 aliphatic heterocycles. The Bertz CT molecular complexity index is 1060. The molecule has 0 fully saturated rings. The summed E-state index contributed by atoms with van der Waals surface area (Å²) in [6, 6.07) is 9.21. The molecule has 0 saturated heterocycles. The largest absolute Gasteiger partial charge is 0.489 e. The third-order valence-electron chi connectivity index (χ3n) is 5.54. The summed E-state index contributed by atoms with van der Waals surface area (Å²) < 4.78 is 16.0. The topological polar surface area (TPSA) is 89.7 Å². The average Bonchev–Trinajstić information content (AvgIpc) is 3.11. The Kier molecular flexibility index (Phi) is 5.79. The first-order chi connectivity index (χ1) is 15.0. The highest BCUT2D eigenvalue weighted by Crippen LogP contribution is 2.39. The van der Waals surface area contributed by atoms with Gasteiger partial charge in [0.1, 0.15) is 23.8 Å². The molecule has 8 nitrogen and oxygen atoms in total. The Morgan fingerprint density at radius 3 is 2.71 bits per heavy atom. The van der Waals surface area contributed by atoms with Gasteiger partial charge in [0.15, 0.2) is 5.82 Å². The number of nitrogens with one attached hydrogen (secondary N) is 1. The number of anilines is 2. The summed E-state index contributed by atoms with van der Waals surface area (Å²) in [6.45, 7) is 7.94. The van der Waals surface area contributed by atoms with E-state index >= 15 is 0 Å². The molecule has 8 heteroatoms. The Hall–Kier alpha value is -3.55. The number of nitrogens with zero attached hydrogens (tertiary/aromatic N) is 3. The van der Waals surface area contributed by atoms with Gasteiger partial charge in [-0.2, -0.15) is 0 Å². The van der Waals surface area contributed by atoms with E-state index in [-0.39, 0.29) is 12.0 Å². The zero-order valence-electron chi connectivity index (χ0n) is 18.1. The summed E-state index contributed by atoms with van der Waals surface area (Å²) in [5.41, 5.74) is 4.44. The first-order valence-corrected chi connectivity index (χ1v) is 10.2. The summed E-state index contributed by atoms with van der Waals surface area (Å²) in [6.07, 6.45) is 1.74. The van der Waals surface area contributed by atoms with Crippen molar-refractivity contribution in [2.75, 3.05) is 30.5 Å². The Morgan fingerprint density at radius 1 is 1.26 bits per heavy atom. The van der Waals surface area contributed by atoms with Crippen molar-refractivity contribution in [1.29, 1.82) is 0 Å². The Balaban J connectivity index is 1.59. The molecule has 1 aromatic carbocycles. The lowest BCUT2D eigenvalue weighted by molar-refractivity contribution is 0.0600. The second-order valence-electron chi connectivity index (χ2n) is 7.56. The predicted molar refractivity (Wildman–Crippen MR) is 117 cm³/mol. The van der Waals surface area contributed by atoms with Crippen LogP contribution in [-0.4, -0.2) is 36.4 Å². The van der Waals surface area contributed by atoms with Crippen molar-refractivity contribution in [3.63, 3.8) is 0 Å². The maximum Gasteiger partial charge on any atom is 0.337 e. The molecular weight excluding hydrogens is 396 g/mol. The number of rotatable bonds is 6. The predicted octanol–water partition coefficient (Wildman–Crippen LogP) is 4.05. The summed E-state index contributed by atoms with van der Waals surface area (Å²) in [7, 11) is 1.38. The number of aromatic nitrogens is 2. The van der Waals surface area contributed by atoms with Crippen LogP contribution in [0, 0.1) is 13.8 Å². The van der Waals surface area contributed by atoms with Crippen LogP contribution in [0.5, 0.6) is 5.75 Å². The number of pyridine rings is 1. The molecule has 3 heterocycles. The van der Waals surface area contributed by atoms with E-state index in [0.717, 1.165) is 46.4 Å². The van der Waals surface area contributed by atoms with E-state index in [1.807, 2.05) is 32.0 Å². The number of carbonyl (C=O) groups excluding carboxylic acids is 1. The minimum atomic E-state index is -0.349. The number of ether oxygens (including phenoxy) is 2. The Morgan fingerprint density at radius 2 is 2.03 bits per heavy atom. The Labute approximate surface area is 181 Å². The van der Waals surface area contributed by atoms with E-state index in [0.29, 0.717) is 18.7 Å². The minimum absolute atomic E-state index is 0.0338. The van der Waals surface area contributed by atoms with Gasteiger partial charge in [-0.25, -0.2) is 9.78 Å². The van der Waals surface area contributed by atoms with Crippen molar-refractivity contribution in [3.8, 4) is 5.75 Å². The van der Waals surface area contributed by atoms with Crippen LogP contribution in [0.25, 0.3) is 0 Å². The average molecular weight is 422 g/mol. The number of hydrogen-bond donors (Lipinski definition) is 1.